The van der Waals surface area contributed by atoms with E-state index in [1.165, 1.54) is 11.3 Å². The number of carbonyl (C=O) groups excluding carboxylic acids is 1. The van der Waals surface area contributed by atoms with Gasteiger partial charge in [-0.05, 0) is 111 Å². The van der Waals surface area contributed by atoms with Crippen LogP contribution in [-0.2, 0) is 11.4 Å². The number of aromatic nitrogens is 1. The fourth-order valence-electron chi connectivity index (χ4n) is 5.12. The lowest BCUT2D eigenvalue weighted by molar-refractivity contribution is -0.113. The highest BCUT2D eigenvalue weighted by molar-refractivity contribution is 14.1. The van der Waals surface area contributed by atoms with Crippen LogP contribution in [0, 0.1) is 7.14 Å². The van der Waals surface area contributed by atoms with Crippen LogP contribution in [-0.4, -0.2) is 17.6 Å². The molecule has 5 aromatic rings. The van der Waals surface area contributed by atoms with Gasteiger partial charge >= 0.3 is 0 Å². The number of nitrogens with zero attached hydrogens (tertiary/aromatic N) is 2. The first-order valence-electron chi connectivity index (χ1n) is 14.0. The second-order valence-electron chi connectivity index (χ2n) is 10.3. The zero-order chi connectivity index (χ0) is 31.5. The summed E-state index contributed by atoms with van der Waals surface area (Å²) < 4.78 is 15.6. The summed E-state index contributed by atoms with van der Waals surface area (Å²) in [5.74, 6) is 1.18. The van der Waals surface area contributed by atoms with Gasteiger partial charge in [0.15, 0.2) is 4.80 Å². The van der Waals surface area contributed by atoms with Gasteiger partial charge in [0.2, 0.25) is 0 Å². The molecule has 0 fully saturated rings. The third-order valence-electron chi connectivity index (χ3n) is 7.27. The van der Waals surface area contributed by atoms with Crippen molar-refractivity contribution >= 4 is 74.2 Å². The molecule has 0 spiro atoms. The highest BCUT2D eigenvalue weighted by Gasteiger charge is 2.32. The molecule has 1 amide bonds. The van der Waals surface area contributed by atoms with E-state index in [0.717, 1.165) is 29.6 Å². The van der Waals surface area contributed by atoms with Crippen molar-refractivity contribution in [3.05, 3.63) is 152 Å². The van der Waals surface area contributed by atoms with E-state index >= 15 is 0 Å². The van der Waals surface area contributed by atoms with Crippen molar-refractivity contribution in [1.29, 1.82) is 0 Å². The molecule has 10 heteroatoms. The van der Waals surface area contributed by atoms with Gasteiger partial charge in [-0.25, -0.2) is 4.99 Å². The van der Waals surface area contributed by atoms with Crippen molar-refractivity contribution in [2.45, 2.75) is 19.6 Å². The van der Waals surface area contributed by atoms with Crippen LogP contribution in [0.1, 0.15) is 29.7 Å². The molecule has 4 aromatic carbocycles. The van der Waals surface area contributed by atoms with Gasteiger partial charge in [0.05, 0.1) is 36.1 Å². The Bertz CT molecular complexity index is 2070. The van der Waals surface area contributed by atoms with Gasteiger partial charge in [0.1, 0.15) is 18.1 Å². The lowest BCUT2D eigenvalue weighted by Crippen LogP contribution is -2.40. The van der Waals surface area contributed by atoms with Gasteiger partial charge in [-0.3, -0.25) is 14.2 Å². The highest BCUT2D eigenvalue weighted by Crippen LogP contribution is 2.32. The minimum Gasteiger partial charge on any atom is -0.497 e. The van der Waals surface area contributed by atoms with Gasteiger partial charge in [0.25, 0.3) is 11.5 Å². The first kappa shape index (κ1) is 31.2. The molecule has 1 aromatic heterocycles. The topological polar surface area (TPSA) is 81.9 Å². The molecule has 2 heterocycles. The number of halogens is 2. The van der Waals surface area contributed by atoms with Crippen molar-refractivity contribution < 1.29 is 14.3 Å². The number of hydrogen-bond donors (Lipinski definition) is 1. The van der Waals surface area contributed by atoms with Crippen molar-refractivity contribution in [3.63, 3.8) is 0 Å². The molecule has 7 nitrogen and oxygen atoms in total. The fraction of sp³-hybridized carbons (Fsp3) is 0.114. The van der Waals surface area contributed by atoms with E-state index in [4.69, 9.17) is 14.5 Å². The lowest BCUT2D eigenvalue weighted by Gasteiger charge is -2.25. The first-order chi connectivity index (χ1) is 21.8. The number of fused-ring (bicyclic) bond motifs is 1. The van der Waals surface area contributed by atoms with Crippen molar-refractivity contribution in [1.82, 2.24) is 4.57 Å². The van der Waals surface area contributed by atoms with E-state index in [0.29, 0.717) is 38.6 Å². The summed E-state index contributed by atoms with van der Waals surface area (Å²) in [5.41, 5.74) is 4.15. The second-order valence-corrected chi connectivity index (χ2v) is 13.6. The van der Waals surface area contributed by atoms with Crippen molar-refractivity contribution in [3.8, 4) is 11.5 Å². The largest absolute Gasteiger partial charge is 0.497 e. The smallest absolute Gasteiger partial charge is 0.271 e. The number of anilines is 1. The van der Waals surface area contributed by atoms with Gasteiger partial charge < -0.3 is 14.8 Å². The molecule has 1 aliphatic heterocycles. The number of benzene rings is 4. The number of nitrogens with one attached hydrogen (secondary N) is 1. The Morgan fingerprint density at radius 3 is 2.27 bits per heavy atom. The number of amides is 1. The number of thiazole rings is 1. The molecule has 0 saturated carbocycles. The number of rotatable bonds is 8. The number of carbonyl (C=O) groups is 1. The predicted molar refractivity (Wildman–Crippen MR) is 194 cm³/mol. The summed E-state index contributed by atoms with van der Waals surface area (Å²) in [6.45, 7) is 2.28. The maximum atomic E-state index is 14.1. The molecule has 1 atom stereocenters. The summed E-state index contributed by atoms with van der Waals surface area (Å²) in [4.78, 5) is 33.2. The van der Waals surface area contributed by atoms with E-state index in [1.807, 2.05) is 110 Å². The Morgan fingerprint density at radius 2 is 1.62 bits per heavy atom. The zero-order valence-electron chi connectivity index (χ0n) is 24.3. The van der Waals surface area contributed by atoms with Crippen LogP contribution in [0.4, 0.5) is 5.69 Å². The van der Waals surface area contributed by atoms with Gasteiger partial charge in [0, 0.05) is 5.69 Å². The lowest BCUT2D eigenvalue weighted by atomic mass is 9.95. The summed E-state index contributed by atoms with van der Waals surface area (Å²) >= 11 is 5.85. The fourth-order valence-corrected chi connectivity index (χ4v) is 8.29. The predicted octanol–water partition coefficient (Wildman–Crippen LogP) is 6.67. The monoisotopic (exact) mass is 839 g/mol. The second kappa shape index (κ2) is 13.7. The standard InChI is InChI=1S/C35H27I2N3O4S/c1-21-30(33(41)39-25-11-7-4-8-12-25)31(24-13-15-26(43-2)16-14-24)40-34(42)29(45-35(40)38-21)19-23-17-27(36)32(28(37)18-23)44-20-22-9-5-3-6-10-22/h3-19,31H,20H2,1-2H3,(H,39,41)/b29-19+/t31-/m1/s1. The number of para-hydroxylation sites is 1. The van der Waals surface area contributed by atoms with Gasteiger partial charge in [-0.1, -0.05) is 72.0 Å². The quantitative estimate of drug-likeness (QED) is 0.177. The highest BCUT2D eigenvalue weighted by atomic mass is 127. The summed E-state index contributed by atoms with van der Waals surface area (Å²) in [6.07, 6.45) is 1.88. The Balaban J connectivity index is 1.40. The third-order valence-corrected chi connectivity index (χ3v) is 9.86. The van der Waals surface area contributed by atoms with Crippen LogP contribution in [0.2, 0.25) is 0 Å². The average Bonchev–Trinajstić information content (AvgIpc) is 3.34. The van der Waals surface area contributed by atoms with Crippen molar-refractivity contribution in [2.75, 3.05) is 12.4 Å². The maximum Gasteiger partial charge on any atom is 0.271 e. The number of methoxy groups -OCH3 is 1. The molecule has 6 rings (SSSR count). The van der Waals surface area contributed by atoms with E-state index < -0.39 is 6.04 Å². The minimum absolute atomic E-state index is 0.216. The molecule has 0 saturated heterocycles. The normalized spacial score (nSPS) is 14.5. The molecular weight excluding hydrogens is 812 g/mol. The molecule has 226 valence electrons. The van der Waals surface area contributed by atoms with E-state index in [2.05, 4.69) is 50.5 Å². The molecule has 0 bridgehead atoms. The number of allylic oxidation sites excluding steroid dienone is 1. The van der Waals surface area contributed by atoms with Crippen LogP contribution >= 0.6 is 56.5 Å². The summed E-state index contributed by atoms with van der Waals surface area (Å²) in [6, 6.07) is 30.1. The molecule has 1 aliphatic rings. The molecular formula is C35H27I2N3O4S. The van der Waals surface area contributed by atoms with E-state index in [1.54, 1.807) is 11.7 Å². The Kier molecular flexibility index (Phi) is 9.52. The molecule has 45 heavy (non-hydrogen) atoms. The van der Waals surface area contributed by atoms with Gasteiger partial charge in [-0.2, -0.15) is 0 Å². The Morgan fingerprint density at radius 1 is 0.978 bits per heavy atom. The summed E-state index contributed by atoms with van der Waals surface area (Å²) in [5, 5.41) is 2.98. The van der Waals surface area contributed by atoms with Crippen LogP contribution < -0.4 is 29.7 Å². The van der Waals surface area contributed by atoms with Crippen LogP contribution in [0.15, 0.2) is 118 Å². The van der Waals surface area contributed by atoms with E-state index in [-0.39, 0.29) is 11.5 Å². The molecule has 0 radical (unpaired) electrons. The number of hydrogen-bond acceptors (Lipinski definition) is 6. The maximum absolute atomic E-state index is 14.1. The zero-order valence-corrected chi connectivity index (χ0v) is 29.4. The van der Waals surface area contributed by atoms with Crippen molar-refractivity contribution in [2.24, 2.45) is 4.99 Å². The molecule has 1 N–H and O–H groups in total. The molecule has 0 unspecified atom stereocenters. The van der Waals surface area contributed by atoms with E-state index in [9.17, 15) is 9.59 Å². The van der Waals surface area contributed by atoms with Crippen LogP contribution in [0.3, 0.4) is 0 Å². The number of ether oxygens (including phenoxy) is 2. The first-order valence-corrected chi connectivity index (χ1v) is 17.0. The Hall–Kier alpha value is -3.75. The summed E-state index contributed by atoms with van der Waals surface area (Å²) in [7, 11) is 1.60. The SMILES string of the molecule is COc1ccc([C@@H]2C(C(=O)Nc3ccccc3)=C(C)N=c3s/c(=C/c4cc(I)c(OCc5ccccc5)c(I)c4)c(=O)n32)cc1. The van der Waals surface area contributed by atoms with Crippen LogP contribution in [0.5, 0.6) is 11.5 Å². The van der Waals surface area contributed by atoms with Crippen LogP contribution in [0.25, 0.3) is 6.08 Å². The average molecular weight is 839 g/mol. The third kappa shape index (κ3) is 6.77. The van der Waals surface area contributed by atoms with Gasteiger partial charge in [-0.15, -0.1) is 0 Å². The Labute approximate surface area is 291 Å². The molecule has 0 aliphatic carbocycles. The minimum atomic E-state index is -0.674.